The molecule has 0 aromatic heterocycles. The van der Waals surface area contributed by atoms with Gasteiger partial charge in [-0.15, -0.1) is 0 Å². The second kappa shape index (κ2) is 9.01. The number of hydrogen-bond donors (Lipinski definition) is 2. The Bertz CT molecular complexity index is 230. The molecule has 0 amide bonds. The van der Waals surface area contributed by atoms with E-state index in [1.165, 1.54) is 12.8 Å². The zero-order valence-corrected chi connectivity index (χ0v) is 12.1. The second-order valence-electron chi connectivity index (χ2n) is 5.19. The first-order valence-electron chi connectivity index (χ1n) is 6.79. The molecule has 17 heavy (non-hydrogen) atoms. The fourth-order valence-corrected chi connectivity index (χ4v) is 3.39. The van der Waals surface area contributed by atoms with Crippen LogP contribution in [-0.2, 0) is 0 Å². The maximum atomic E-state index is 8.65. The number of aliphatic hydroxyl groups excluding tert-OH is 1. The Kier molecular flexibility index (Phi) is 7.99. The molecular weight excluding hydrogens is 230 g/mol. The fourth-order valence-electron chi connectivity index (χ4n) is 2.56. The van der Waals surface area contributed by atoms with E-state index in [4.69, 9.17) is 5.11 Å². The Morgan fingerprint density at radius 1 is 1.47 bits per heavy atom. The molecule has 0 bridgehead atoms. The van der Waals surface area contributed by atoms with Gasteiger partial charge in [-0.2, -0.15) is 11.8 Å². The normalized spacial score (nSPS) is 24.8. The second-order valence-corrected chi connectivity index (χ2v) is 6.41. The van der Waals surface area contributed by atoms with Crippen LogP contribution in [0, 0.1) is 11.8 Å². The smallest absolute Gasteiger partial charge is 0.0438 e. The summed E-state index contributed by atoms with van der Waals surface area (Å²) in [6, 6.07) is 0. The highest BCUT2D eigenvalue weighted by Crippen LogP contribution is 2.27. The van der Waals surface area contributed by atoms with Gasteiger partial charge in [0, 0.05) is 18.9 Å². The summed E-state index contributed by atoms with van der Waals surface area (Å²) in [5, 5.41) is 12.2. The third kappa shape index (κ3) is 7.12. The van der Waals surface area contributed by atoms with Crippen molar-refractivity contribution in [3.8, 4) is 0 Å². The predicted octanol–water partition coefficient (Wildman–Crippen LogP) is 2.68. The van der Waals surface area contributed by atoms with Gasteiger partial charge in [-0.1, -0.05) is 18.6 Å². The average Bonchev–Trinajstić information content (AvgIpc) is 2.26. The topological polar surface area (TPSA) is 32.3 Å². The monoisotopic (exact) mass is 257 g/mol. The van der Waals surface area contributed by atoms with Crippen molar-refractivity contribution in [1.82, 2.24) is 5.32 Å². The van der Waals surface area contributed by atoms with Crippen molar-refractivity contribution in [3.05, 3.63) is 11.6 Å². The first-order valence-corrected chi connectivity index (χ1v) is 7.94. The zero-order valence-electron chi connectivity index (χ0n) is 11.2. The molecule has 0 aliphatic heterocycles. The van der Waals surface area contributed by atoms with Crippen molar-refractivity contribution >= 4 is 11.8 Å². The molecule has 0 aromatic carbocycles. The molecule has 2 atom stereocenters. The molecule has 2 unspecified atom stereocenters. The summed E-state index contributed by atoms with van der Waals surface area (Å²) in [7, 11) is 0. The summed E-state index contributed by atoms with van der Waals surface area (Å²) < 4.78 is 0. The Morgan fingerprint density at radius 2 is 2.29 bits per heavy atom. The lowest BCUT2D eigenvalue weighted by Crippen LogP contribution is -2.27. The van der Waals surface area contributed by atoms with Gasteiger partial charge in [0.1, 0.15) is 0 Å². The molecule has 1 aliphatic rings. The minimum atomic E-state index is 0.325. The first kappa shape index (κ1) is 15.1. The first-order chi connectivity index (χ1) is 8.22. The maximum Gasteiger partial charge on any atom is 0.0438 e. The van der Waals surface area contributed by atoms with Crippen molar-refractivity contribution < 1.29 is 5.11 Å². The Balaban J connectivity index is 1.98. The highest BCUT2D eigenvalue weighted by Gasteiger charge is 2.17. The van der Waals surface area contributed by atoms with Crippen molar-refractivity contribution in [2.45, 2.75) is 33.1 Å². The van der Waals surface area contributed by atoms with E-state index in [0.717, 1.165) is 42.9 Å². The molecule has 1 aliphatic carbocycles. The summed E-state index contributed by atoms with van der Waals surface area (Å²) in [5.41, 5.74) is 1.56. The van der Waals surface area contributed by atoms with Crippen LogP contribution in [0.4, 0.5) is 0 Å². The van der Waals surface area contributed by atoms with Crippen LogP contribution >= 0.6 is 11.8 Å². The Morgan fingerprint density at radius 3 is 3.00 bits per heavy atom. The molecule has 0 heterocycles. The van der Waals surface area contributed by atoms with E-state index in [9.17, 15) is 0 Å². The highest BCUT2D eigenvalue weighted by atomic mass is 32.2. The lowest BCUT2D eigenvalue weighted by Gasteiger charge is -2.25. The van der Waals surface area contributed by atoms with E-state index in [-0.39, 0.29) is 0 Å². The fraction of sp³-hybridized carbons (Fsp3) is 0.857. The largest absolute Gasteiger partial charge is 0.396 e. The summed E-state index contributed by atoms with van der Waals surface area (Å²) in [6.45, 7) is 7.17. The third-order valence-electron chi connectivity index (χ3n) is 3.19. The summed E-state index contributed by atoms with van der Waals surface area (Å²) >= 11 is 1.93. The standard InChI is InChI=1S/C14H27NOS/c1-12-8-13(2)10-14(9-12)11-15-4-7-17-6-3-5-16/h8,12,14-16H,3-7,9-11H2,1-2H3. The van der Waals surface area contributed by atoms with Crippen LogP contribution in [0.3, 0.4) is 0 Å². The zero-order chi connectivity index (χ0) is 12.5. The van der Waals surface area contributed by atoms with Gasteiger partial charge in [0.2, 0.25) is 0 Å². The molecule has 0 spiro atoms. The van der Waals surface area contributed by atoms with Gasteiger partial charge in [-0.25, -0.2) is 0 Å². The Hall–Kier alpha value is 0.01000. The number of nitrogens with one attached hydrogen (secondary N) is 1. The molecule has 3 heteroatoms. The average molecular weight is 257 g/mol. The molecule has 0 saturated heterocycles. The van der Waals surface area contributed by atoms with Crippen LogP contribution in [0.15, 0.2) is 11.6 Å². The molecule has 100 valence electrons. The lowest BCUT2D eigenvalue weighted by atomic mass is 9.84. The van der Waals surface area contributed by atoms with Gasteiger partial charge in [0.05, 0.1) is 0 Å². The Labute approximate surface area is 110 Å². The quantitative estimate of drug-likeness (QED) is 0.518. The van der Waals surface area contributed by atoms with E-state index in [1.807, 2.05) is 11.8 Å². The maximum absolute atomic E-state index is 8.65. The molecule has 2 N–H and O–H groups in total. The molecular formula is C14H27NOS. The molecule has 0 radical (unpaired) electrons. The molecule has 2 nitrogen and oxygen atoms in total. The van der Waals surface area contributed by atoms with E-state index in [2.05, 4.69) is 25.2 Å². The van der Waals surface area contributed by atoms with E-state index >= 15 is 0 Å². The van der Waals surface area contributed by atoms with Gasteiger partial charge in [0.15, 0.2) is 0 Å². The number of hydrogen-bond acceptors (Lipinski definition) is 3. The minimum Gasteiger partial charge on any atom is -0.396 e. The van der Waals surface area contributed by atoms with Gasteiger partial charge in [-0.05, 0) is 50.3 Å². The lowest BCUT2D eigenvalue weighted by molar-refractivity contribution is 0.296. The van der Waals surface area contributed by atoms with Crippen molar-refractivity contribution in [1.29, 1.82) is 0 Å². The molecule has 1 rings (SSSR count). The van der Waals surface area contributed by atoms with Gasteiger partial charge < -0.3 is 10.4 Å². The van der Waals surface area contributed by atoms with Gasteiger partial charge in [0.25, 0.3) is 0 Å². The van der Waals surface area contributed by atoms with Crippen LogP contribution in [0.25, 0.3) is 0 Å². The van der Waals surface area contributed by atoms with Crippen molar-refractivity contribution in [2.24, 2.45) is 11.8 Å². The summed E-state index contributed by atoms with van der Waals surface area (Å²) in [4.78, 5) is 0. The van der Waals surface area contributed by atoms with Gasteiger partial charge >= 0.3 is 0 Å². The third-order valence-corrected chi connectivity index (χ3v) is 4.26. The number of rotatable bonds is 8. The highest BCUT2D eigenvalue weighted by molar-refractivity contribution is 7.99. The molecule has 0 saturated carbocycles. The minimum absolute atomic E-state index is 0.325. The van der Waals surface area contributed by atoms with Gasteiger partial charge in [-0.3, -0.25) is 0 Å². The number of thioether (sulfide) groups is 1. The number of aliphatic hydroxyl groups is 1. The molecule has 0 aromatic rings. The summed E-state index contributed by atoms with van der Waals surface area (Å²) in [6.07, 6.45) is 5.95. The van der Waals surface area contributed by atoms with Crippen LogP contribution in [0.2, 0.25) is 0 Å². The van der Waals surface area contributed by atoms with Crippen molar-refractivity contribution in [3.63, 3.8) is 0 Å². The van der Waals surface area contributed by atoms with E-state index in [0.29, 0.717) is 6.61 Å². The van der Waals surface area contributed by atoms with E-state index < -0.39 is 0 Å². The van der Waals surface area contributed by atoms with Crippen LogP contribution in [0.1, 0.15) is 33.1 Å². The van der Waals surface area contributed by atoms with Crippen LogP contribution in [-0.4, -0.2) is 36.3 Å². The SMILES string of the molecule is CC1=CC(C)CC(CNCCSCCCO)C1. The van der Waals surface area contributed by atoms with E-state index in [1.54, 1.807) is 5.57 Å². The van der Waals surface area contributed by atoms with Crippen LogP contribution in [0.5, 0.6) is 0 Å². The van der Waals surface area contributed by atoms with Crippen molar-refractivity contribution in [2.75, 3.05) is 31.2 Å². The molecule has 0 fully saturated rings. The van der Waals surface area contributed by atoms with Crippen LogP contribution < -0.4 is 5.32 Å². The summed E-state index contributed by atoms with van der Waals surface area (Å²) in [5.74, 6) is 3.84. The number of allylic oxidation sites excluding steroid dienone is 2. The predicted molar refractivity (Wildman–Crippen MR) is 77.5 cm³/mol.